The van der Waals surface area contributed by atoms with Crippen molar-refractivity contribution < 1.29 is 43.8 Å². The van der Waals surface area contributed by atoms with Gasteiger partial charge in [0.2, 0.25) is 0 Å². The van der Waals surface area contributed by atoms with Crippen LogP contribution in [0.25, 0.3) is 22.2 Å². The zero-order valence-corrected chi connectivity index (χ0v) is 18.3. The predicted molar refractivity (Wildman–Crippen MR) is 102 cm³/mol. The van der Waals surface area contributed by atoms with Crippen LogP contribution in [0.5, 0.6) is 0 Å². The van der Waals surface area contributed by atoms with E-state index >= 15 is 0 Å². The molecule has 0 saturated heterocycles. The first-order valence-electron chi connectivity index (χ1n) is 9.46. The van der Waals surface area contributed by atoms with Crippen molar-refractivity contribution in [3.8, 4) is 11.3 Å². The molecule has 1 aliphatic carbocycles. The monoisotopic (exact) mass is 385 g/mol. The molecule has 0 spiro atoms. The van der Waals surface area contributed by atoms with E-state index in [1.165, 1.54) is 55.9 Å². The van der Waals surface area contributed by atoms with Crippen molar-refractivity contribution in [1.82, 2.24) is 4.98 Å². The Labute approximate surface area is 186 Å². The van der Waals surface area contributed by atoms with Crippen molar-refractivity contribution in [1.29, 1.82) is 0 Å². The molecular weight excluding hydrogens is 364 g/mol. The summed E-state index contributed by atoms with van der Waals surface area (Å²) in [5, 5.41) is 12.0. The molecule has 1 aliphatic rings. The summed E-state index contributed by atoms with van der Waals surface area (Å²) in [4.78, 5) is 16.3. The van der Waals surface area contributed by atoms with Crippen molar-refractivity contribution in [2.45, 2.75) is 44.9 Å². The molecule has 0 atom stereocenters. The number of hydrogen-bond acceptors (Lipinski definition) is 3. The SMILES string of the molecule is Cc1c(-c2ccc(C3CCCCC3)cc2)nc2ccc(F)cc2c1C(=O)[O-].[Na+]. The molecule has 5 heteroatoms. The fourth-order valence-corrected chi connectivity index (χ4v) is 4.22. The molecule has 28 heavy (non-hydrogen) atoms. The average Bonchev–Trinajstić information content (AvgIpc) is 2.68. The molecule has 1 fully saturated rings. The minimum absolute atomic E-state index is 0. The molecule has 3 aromatic rings. The first-order chi connectivity index (χ1) is 13.0. The number of hydrogen-bond donors (Lipinski definition) is 0. The molecule has 0 bridgehead atoms. The normalized spacial score (nSPS) is 14.6. The second-order valence-electron chi connectivity index (χ2n) is 7.37. The number of benzene rings is 2. The zero-order valence-electron chi connectivity index (χ0n) is 16.3. The van der Waals surface area contributed by atoms with Crippen LogP contribution in [0, 0.1) is 12.7 Å². The maximum atomic E-state index is 13.6. The number of carboxylic acids is 1. The van der Waals surface area contributed by atoms with Crippen LogP contribution in [0.1, 0.15) is 59.5 Å². The number of fused-ring (bicyclic) bond motifs is 1. The number of carboxylic acid groups (broad SMARTS) is 1. The van der Waals surface area contributed by atoms with E-state index in [4.69, 9.17) is 0 Å². The van der Waals surface area contributed by atoms with E-state index < -0.39 is 11.8 Å². The molecule has 1 aromatic heterocycles. The molecule has 0 unspecified atom stereocenters. The largest absolute Gasteiger partial charge is 1.00 e. The topological polar surface area (TPSA) is 53.0 Å². The number of nitrogens with zero attached hydrogens (tertiary/aromatic N) is 1. The first kappa shape index (κ1) is 21.0. The predicted octanol–water partition coefficient (Wildman–Crippen LogP) is 1.76. The van der Waals surface area contributed by atoms with Crippen molar-refractivity contribution in [2.75, 3.05) is 0 Å². The third-order valence-electron chi connectivity index (χ3n) is 5.66. The Morgan fingerprint density at radius 1 is 1.07 bits per heavy atom. The molecule has 0 aliphatic heterocycles. The van der Waals surface area contributed by atoms with Crippen LogP contribution < -0.4 is 34.7 Å². The number of aromatic carboxylic acids is 1. The van der Waals surface area contributed by atoms with E-state index in [0.717, 1.165) is 5.56 Å². The summed E-state index contributed by atoms with van der Waals surface area (Å²) in [5.41, 5.74) is 3.75. The van der Waals surface area contributed by atoms with E-state index in [9.17, 15) is 14.3 Å². The Kier molecular flexibility index (Phi) is 6.54. The van der Waals surface area contributed by atoms with Gasteiger partial charge in [-0.15, -0.1) is 0 Å². The van der Waals surface area contributed by atoms with Gasteiger partial charge in [-0.2, -0.15) is 0 Å². The van der Waals surface area contributed by atoms with Gasteiger partial charge >= 0.3 is 29.6 Å². The summed E-state index contributed by atoms with van der Waals surface area (Å²) in [6, 6.07) is 12.3. The molecule has 138 valence electrons. The minimum atomic E-state index is -1.31. The Morgan fingerprint density at radius 2 is 1.75 bits per heavy atom. The van der Waals surface area contributed by atoms with Crippen molar-refractivity contribution in [3.63, 3.8) is 0 Å². The first-order valence-corrected chi connectivity index (χ1v) is 9.46. The van der Waals surface area contributed by atoms with Crippen LogP contribution in [-0.4, -0.2) is 11.0 Å². The Bertz CT molecular complexity index is 1010. The number of carbonyl (C=O) groups excluding carboxylic acids is 1. The third kappa shape index (κ3) is 4.00. The standard InChI is InChI=1S/C23H22FNO2.Na/c1-14-21(23(26)27)19-13-18(24)11-12-20(19)25-22(14)17-9-7-16(8-10-17)15-5-3-2-4-6-15;/h7-13,15H,2-6H2,1H3,(H,26,27);/q;+1/p-1. The summed E-state index contributed by atoms with van der Waals surface area (Å²) < 4.78 is 13.6. The minimum Gasteiger partial charge on any atom is -0.545 e. The van der Waals surface area contributed by atoms with Crippen LogP contribution in [0.15, 0.2) is 42.5 Å². The Morgan fingerprint density at radius 3 is 2.39 bits per heavy atom. The Hall–Kier alpha value is -1.75. The number of carbonyl (C=O) groups is 1. The molecular formula is C23H21FNNaO2. The van der Waals surface area contributed by atoms with Crippen molar-refractivity contribution >= 4 is 16.9 Å². The van der Waals surface area contributed by atoms with Crippen molar-refractivity contribution in [2.24, 2.45) is 0 Å². The summed E-state index contributed by atoms with van der Waals surface area (Å²) in [5.74, 6) is -1.19. The van der Waals surface area contributed by atoms with Crippen molar-refractivity contribution in [3.05, 3.63) is 65.0 Å². The van der Waals surface area contributed by atoms with Crippen LogP contribution in [-0.2, 0) is 0 Å². The second kappa shape index (κ2) is 8.73. The van der Waals surface area contributed by atoms with Gasteiger partial charge in [-0.05, 0) is 55.0 Å². The van der Waals surface area contributed by atoms with Crippen LogP contribution in [0.3, 0.4) is 0 Å². The second-order valence-corrected chi connectivity index (χ2v) is 7.37. The average molecular weight is 385 g/mol. The van der Waals surface area contributed by atoms with Crippen LogP contribution >= 0.6 is 0 Å². The van der Waals surface area contributed by atoms with Gasteiger partial charge in [-0.25, -0.2) is 9.37 Å². The number of rotatable bonds is 3. The summed E-state index contributed by atoms with van der Waals surface area (Å²) in [7, 11) is 0. The molecule has 1 heterocycles. The van der Waals surface area contributed by atoms with Gasteiger partial charge in [-0.3, -0.25) is 0 Å². The number of halogens is 1. The van der Waals surface area contributed by atoms with Gasteiger partial charge in [0.1, 0.15) is 5.82 Å². The maximum Gasteiger partial charge on any atom is 1.00 e. The van der Waals surface area contributed by atoms with E-state index in [2.05, 4.69) is 17.1 Å². The van der Waals surface area contributed by atoms with Crippen LogP contribution in [0.2, 0.25) is 0 Å². The fraction of sp³-hybridized carbons (Fsp3) is 0.304. The van der Waals surface area contributed by atoms with E-state index in [-0.39, 0.29) is 40.5 Å². The molecule has 0 amide bonds. The molecule has 0 radical (unpaired) electrons. The fourth-order valence-electron chi connectivity index (χ4n) is 4.22. The van der Waals surface area contributed by atoms with Gasteiger partial charge in [0, 0.05) is 16.5 Å². The summed E-state index contributed by atoms with van der Waals surface area (Å²) >= 11 is 0. The molecule has 4 rings (SSSR count). The van der Waals surface area contributed by atoms with E-state index in [1.807, 2.05) is 12.1 Å². The molecule has 3 nitrogen and oxygen atoms in total. The van der Waals surface area contributed by atoms with Gasteiger partial charge < -0.3 is 9.90 Å². The number of aromatic nitrogens is 1. The summed E-state index contributed by atoms with van der Waals surface area (Å²) in [6.45, 7) is 1.70. The van der Waals surface area contributed by atoms with Gasteiger partial charge in [0.25, 0.3) is 0 Å². The van der Waals surface area contributed by atoms with E-state index in [0.29, 0.717) is 22.7 Å². The Balaban J connectivity index is 0.00000225. The smallest absolute Gasteiger partial charge is 0.545 e. The molecule has 0 N–H and O–H groups in total. The van der Waals surface area contributed by atoms with Gasteiger partial charge in [-0.1, -0.05) is 43.5 Å². The maximum absolute atomic E-state index is 13.6. The van der Waals surface area contributed by atoms with Gasteiger partial charge in [0.05, 0.1) is 17.2 Å². The summed E-state index contributed by atoms with van der Waals surface area (Å²) in [6.07, 6.45) is 6.34. The van der Waals surface area contributed by atoms with Gasteiger partial charge in [0.15, 0.2) is 0 Å². The molecule has 2 aromatic carbocycles. The molecule has 1 saturated carbocycles. The zero-order chi connectivity index (χ0) is 19.0. The van der Waals surface area contributed by atoms with Crippen LogP contribution in [0.4, 0.5) is 4.39 Å². The third-order valence-corrected chi connectivity index (χ3v) is 5.66. The quantitative estimate of drug-likeness (QED) is 0.646. The number of pyridine rings is 1. The van der Waals surface area contributed by atoms with E-state index in [1.54, 1.807) is 6.92 Å².